The van der Waals surface area contributed by atoms with Crippen LogP contribution >= 0.6 is 11.6 Å². The van der Waals surface area contributed by atoms with Crippen molar-refractivity contribution < 1.29 is 19.4 Å². The molecule has 1 saturated heterocycles. The van der Waals surface area contributed by atoms with Gasteiger partial charge in [0.25, 0.3) is 11.7 Å². The number of benzene rings is 3. The fourth-order valence-electron chi connectivity index (χ4n) is 4.01. The molecule has 1 unspecified atom stereocenters. The number of aliphatic hydroxyl groups is 1. The third-order valence-electron chi connectivity index (χ3n) is 5.92. The lowest BCUT2D eigenvalue weighted by molar-refractivity contribution is -0.132. The number of nitrogens with zero attached hydrogens (tertiary/aromatic N) is 1. The lowest BCUT2D eigenvalue weighted by atomic mass is 9.94. The topological polar surface area (TPSA) is 66.8 Å². The number of anilines is 1. The Bertz CT molecular complexity index is 1260. The number of hydrogen-bond acceptors (Lipinski definition) is 4. The second kappa shape index (κ2) is 9.12. The predicted octanol–water partition coefficient (Wildman–Crippen LogP) is 5.85. The van der Waals surface area contributed by atoms with Crippen LogP contribution in [0.3, 0.4) is 0 Å². The van der Waals surface area contributed by atoms with Gasteiger partial charge in [-0.15, -0.1) is 0 Å². The standard InChI is InChI=1S/C27H24ClNO4/c1-4-17-9-11-18(12-10-17)25(30)23-24(19-6-5-7-21(14-19)33-3)29(27(32)26(23)31)20-13-8-16(2)22(28)15-20/h5-15,24,30H,4H2,1-3H3/b25-23+. The summed E-state index contributed by atoms with van der Waals surface area (Å²) in [5, 5.41) is 11.7. The second-order valence-electron chi connectivity index (χ2n) is 7.93. The highest BCUT2D eigenvalue weighted by molar-refractivity contribution is 6.51. The van der Waals surface area contributed by atoms with Crippen LogP contribution < -0.4 is 9.64 Å². The summed E-state index contributed by atoms with van der Waals surface area (Å²) in [5.41, 5.74) is 3.56. The Hall–Kier alpha value is -3.57. The third kappa shape index (κ3) is 4.12. The van der Waals surface area contributed by atoms with Crippen molar-refractivity contribution in [1.82, 2.24) is 0 Å². The number of ketones is 1. The molecule has 0 aromatic heterocycles. The molecule has 1 N–H and O–H groups in total. The van der Waals surface area contributed by atoms with Crippen LogP contribution in [0.4, 0.5) is 5.69 Å². The number of rotatable bonds is 5. The zero-order chi connectivity index (χ0) is 23.7. The van der Waals surface area contributed by atoms with E-state index >= 15 is 0 Å². The molecular weight excluding hydrogens is 438 g/mol. The molecular formula is C27H24ClNO4. The van der Waals surface area contributed by atoms with Crippen LogP contribution in [-0.2, 0) is 16.0 Å². The van der Waals surface area contributed by atoms with Crippen LogP contribution in [0.5, 0.6) is 5.75 Å². The largest absolute Gasteiger partial charge is 0.507 e. The summed E-state index contributed by atoms with van der Waals surface area (Å²) in [7, 11) is 1.55. The SMILES string of the molecule is CCc1ccc(/C(O)=C2\C(=O)C(=O)N(c3ccc(C)c(Cl)c3)C2c2cccc(OC)c2)cc1. The molecule has 3 aromatic rings. The van der Waals surface area contributed by atoms with Gasteiger partial charge in [0.1, 0.15) is 11.5 Å². The maximum atomic E-state index is 13.2. The van der Waals surface area contributed by atoms with Gasteiger partial charge in [-0.2, -0.15) is 0 Å². The van der Waals surface area contributed by atoms with E-state index in [1.165, 1.54) is 4.90 Å². The van der Waals surface area contributed by atoms with Crippen molar-refractivity contribution >= 4 is 34.7 Å². The Morgan fingerprint density at radius 1 is 1.06 bits per heavy atom. The maximum Gasteiger partial charge on any atom is 0.300 e. The fraction of sp³-hybridized carbons (Fsp3) is 0.185. The molecule has 0 spiro atoms. The van der Waals surface area contributed by atoms with E-state index in [-0.39, 0.29) is 11.3 Å². The Balaban J connectivity index is 1.94. The third-order valence-corrected chi connectivity index (χ3v) is 6.33. The summed E-state index contributed by atoms with van der Waals surface area (Å²) >= 11 is 6.34. The number of carbonyl (C=O) groups excluding carboxylic acids is 2. The molecule has 1 aliphatic heterocycles. The molecule has 0 aliphatic carbocycles. The summed E-state index contributed by atoms with van der Waals surface area (Å²) in [6.45, 7) is 3.90. The number of aliphatic hydroxyl groups excluding tert-OH is 1. The summed E-state index contributed by atoms with van der Waals surface area (Å²) in [6.07, 6.45) is 0.851. The van der Waals surface area contributed by atoms with Crippen molar-refractivity contribution in [2.24, 2.45) is 0 Å². The van der Waals surface area contributed by atoms with Gasteiger partial charge in [0.15, 0.2) is 0 Å². The van der Waals surface area contributed by atoms with Crippen molar-refractivity contribution in [2.75, 3.05) is 12.0 Å². The van der Waals surface area contributed by atoms with E-state index < -0.39 is 17.7 Å². The highest BCUT2D eigenvalue weighted by atomic mass is 35.5. The molecule has 0 bridgehead atoms. The Kier molecular flexibility index (Phi) is 6.25. The van der Waals surface area contributed by atoms with Gasteiger partial charge in [0.2, 0.25) is 0 Å². The van der Waals surface area contributed by atoms with E-state index in [1.807, 2.05) is 26.0 Å². The first kappa shape index (κ1) is 22.6. The maximum absolute atomic E-state index is 13.2. The molecule has 0 saturated carbocycles. The van der Waals surface area contributed by atoms with Gasteiger partial charge in [-0.05, 0) is 54.3 Å². The first-order valence-corrected chi connectivity index (χ1v) is 11.0. The zero-order valence-corrected chi connectivity index (χ0v) is 19.4. The molecule has 1 aliphatic rings. The van der Waals surface area contributed by atoms with Gasteiger partial charge in [-0.25, -0.2) is 0 Å². The average Bonchev–Trinajstić information content (AvgIpc) is 3.11. The molecule has 168 valence electrons. The van der Waals surface area contributed by atoms with Gasteiger partial charge in [-0.3, -0.25) is 14.5 Å². The Labute approximate surface area is 197 Å². The van der Waals surface area contributed by atoms with Crippen molar-refractivity contribution in [3.8, 4) is 5.75 Å². The molecule has 0 radical (unpaired) electrons. The molecule has 1 amide bonds. The molecule has 6 heteroatoms. The highest BCUT2D eigenvalue weighted by Crippen LogP contribution is 2.43. The zero-order valence-electron chi connectivity index (χ0n) is 18.6. The minimum Gasteiger partial charge on any atom is -0.507 e. The average molecular weight is 462 g/mol. The van der Waals surface area contributed by atoms with Crippen molar-refractivity contribution in [1.29, 1.82) is 0 Å². The van der Waals surface area contributed by atoms with Crippen molar-refractivity contribution in [3.05, 3.63) is 99.6 Å². The second-order valence-corrected chi connectivity index (χ2v) is 8.34. The molecule has 5 nitrogen and oxygen atoms in total. The number of hydrogen-bond donors (Lipinski definition) is 1. The Morgan fingerprint density at radius 2 is 1.79 bits per heavy atom. The normalized spacial score (nSPS) is 17.5. The number of ether oxygens (including phenoxy) is 1. The van der Waals surface area contributed by atoms with Crippen molar-refractivity contribution in [2.45, 2.75) is 26.3 Å². The lowest BCUT2D eigenvalue weighted by Crippen LogP contribution is -2.29. The first-order chi connectivity index (χ1) is 15.8. The predicted molar refractivity (Wildman–Crippen MR) is 130 cm³/mol. The van der Waals surface area contributed by atoms with Gasteiger partial charge in [-0.1, -0.05) is 61.0 Å². The molecule has 33 heavy (non-hydrogen) atoms. The molecule has 1 heterocycles. The highest BCUT2D eigenvalue weighted by Gasteiger charge is 2.47. The van der Waals surface area contributed by atoms with Crippen LogP contribution in [0.15, 0.2) is 72.3 Å². The smallest absolute Gasteiger partial charge is 0.300 e. The van der Waals surface area contributed by atoms with Gasteiger partial charge in [0, 0.05) is 16.3 Å². The molecule has 1 fully saturated rings. The molecule has 3 aromatic carbocycles. The van der Waals surface area contributed by atoms with E-state index in [0.29, 0.717) is 27.6 Å². The quantitative estimate of drug-likeness (QED) is 0.294. The van der Waals surface area contributed by atoms with E-state index in [1.54, 1.807) is 61.7 Å². The number of methoxy groups -OCH3 is 1. The number of amides is 1. The summed E-state index contributed by atoms with van der Waals surface area (Å²) in [4.78, 5) is 27.9. The minimum absolute atomic E-state index is 0.0224. The summed E-state index contributed by atoms with van der Waals surface area (Å²) < 4.78 is 5.36. The lowest BCUT2D eigenvalue weighted by Gasteiger charge is -2.26. The molecule has 1 atom stereocenters. The molecule has 4 rings (SSSR count). The monoisotopic (exact) mass is 461 g/mol. The number of carbonyl (C=O) groups is 2. The van der Waals surface area contributed by atoms with E-state index in [0.717, 1.165) is 17.5 Å². The van der Waals surface area contributed by atoms with E-state index in [2.05, 4.69) is 0 Å². The van der Waals surface area contributed by atoms with Crippen molar-refractivity contribution in [3.63, 3.8) is 0 Å². The van der Waals surface area contributed by atoms with Crippen LogP contribution in [0.1, 0.15) is 35.2 Å². The summed E-state index contributed by atoms with van der Waals surface area (Å²) in [6, 6.07) is 18.8. The number of aryl methyl sites for hydroxylation is 2. The first-order valence-electron chi connectivity index (χ1n) is 10.7. The van der Waals surface area contributed by atoms with E-state index in [4.69, 9.17) is 16.3 Å². The van der Waals surface area contributed by atoms with Gasteiger partial charge < -0.3 is 9.84 Å². The fourth-order valence-corrected chi connectivity index (χ4v) is 4.19. The number of Topliss-reactive ketones (excluding diaryl/α,β-unsaturated/α-hetero) is 1. The van der Waals surface area contributed by atoms with Gasteiger partial charge >= 0.3 is 0 Å². The van der Waals surface area contributed by atoms with E-state index in [9.17, 15) is 14.7 Å². The summed E-state index contributed by atoms with van der Waals surface area (Å²) in [5.74, 6) is -1.12. The minimum atomic E-state index is -0.843. The van der Waals surface area contributed by atoms with Gasteiger partial charge in [0.05, 0.1) is 18.7 Å². The van der Waals surface area contributed by atoms with Crippen LogP contribution in [0.2, 0.25) is 5.02 Å². The number of halogens is 1. The Morgan fingerprint density at radius 3 is 2.42 bits per heavy atom. The van der Waals surface area contributed by atoms with Crippen LogP contribution in [-0.4, -0.2) is 23.9 Å². The van der Waals surface area contributed by atoms with Crippen LogP contribution in [0.25, 0.3) is 5.76 Å². The van der Waals surface area contributed by atoms with Crippen LogP contribution in [0, 0.1) is 6.92 Å².